The lowest BCUT2D eigenvalue weighted by atomic mass is 10.0. The zero-order valence-electron chi connectivity index (χ0n) is 9.67. The van der Waals surface area contributed by atoms with E-state index in [4.69, 9.17) is 0 Å². The Bertz CT molecular complexity index is 468. The Morgan fingerprint density at radius 1 is 1.25 bits per heavy atom. The van der Waals surface area contributed by atoms with Crippen LogP contribution in [0.1, 0.15) is 24.1 Å². The summed E-state index contributed by atoms with van der Waals surface area (Å²) in [5.41, 5.74) is 2.46. The second-order valence-corrected chi connectivity index (χ2v) is 3.99. The van der Waals surface area contributed by atoms with Gasteiger partial charge < -0.3 is 4.57 Å². The van der Waals surface area contributed by atoms with Crippen molar-refractivity contribution in [1.29, 1.82) is 0 Å². The molecule has 0 spiro atoms. The van der Waals surface area contributed by atoms with E-state index in [1.165, 1.54) is 5.56 Å². The van der Waals surface area contributed by atoms with Crippen LogP contribution in [0.3, 0.4) is 0 Å². The van der Waals surface area contributed by atoms with Crippen molar-refractivity contribution in [1.82, 2.24) is 9.55 Å². The molecule has 1 heterocycles. The first-order valence-electron chi connectivity index (χ1n) is 5.47. The minimum atomic E-state index is 0.427. The van der Waals surface area contributed by atoms with Crippen molar-refractivity contribution in [3.63, 3.8) is 0 Å². The monoisotopic (exact) mass is 212 g/mol. The van der Waals surface area contributed by atoms with Gasteiger partial charge in [0, 0.05) is 7.05 Å². The molecule has 1 atom stereocenters. The smallest absolute Gasteiger partial charge is 0.0948 e. The molecule has 0 N–H and O–H groups in total. The molecule has 0 radical (unpaired) electrons. The van der Waals surface area contributed by atoms with Crippen LogP contribution in [0.25, 0.3) is 6.08 Å². The summed E-state index contributed by atoms with van der Waals surface area (Å²) in [6, 6.07) is 10.5. The number of hydrogen-bond acceptors (Lipinski definition) is 1. The summed E-state index contributed by atoms with van der Waals surface area (Å²) in [4.78, 5) is 4.08. The highest BCUT2D eigenvalue weighted by Gasteiger charge is 2.00. The van der Waals surface area contributed by atoms with Crippen LogP contribution in [-0.4, -0.2) is 9.55 Å². The molecular formula is C14H16N2. The van der Waals surface area contributed by atoms with Gasteiger partial charge in [0.25, 0.3) is 0 Å². The van der Waals surface area contributed by atoms with E-state index in [0.29, 0.717) is 5.92 Å². The second kappa shape index (κ2) is 4.79. The first-order chi connectivity index (χ1) is 7.77. The summed E-state index contributed by atoms with van der Waals surface area (Å²) in [6.45, 7) is 2.20. The van der Waals surface area contributed by atoms with E-state index in [-0.39, 0.29) is 0 Å². The molecule has 0 saturated carbocycles. The van der Waals surface area contributed by atoms with Crippen LogP contribution in [-0.2, 0) is 7.05 Å². The first-order valence-corrected chi connectivity index (χ1v) is 5.47. The quantitative estimate of drug-likeness (QED) is 0.763. The Labute approximate surface area is 96.3 Å². The Balaban J connectivity index is 2.11. The Morgan fingerprint density at radius 3 is 2.62 bits per heavy atom. The Hall–Kier alpha value is -1.83. The van der Waals surface area contributed by atoms with Gasteiger partial charge >= 0.3 is 0 Å². The van der Waals surface area contributed by atoms with Crippen molar-refractivity contribution in [2.45, 2.75) is 12.8 Å². The highest BCUT2D eigenvalue weighted by atomic mass is 15.0. The molecule has 1 aromatic heterocycles. The van der Waals surface area contributed by atoms with E-state index < -0.39 is 0 Å². The molecule has 0 amide bonds. The largest absolute Gasteiger partial charge is 0.334 e. The third kappa shape index (κ3) is 2.40. The number of imidazole rings is 1. The van der Waals surface area contributed by atoms with Crippen LogP contribution >= 0.6 is 0 Å². The molecule has 16 heavy (non-hydrogen) atoms. The summed E-state index contributed by atoms with van der Waals surface area (Å²) in [7, 11) is 2.00. The third-order valence-corrected chi connectivity index (χ3v) is 2.73. The molecule has 0 saturated heterocycles. The molecular weight excluding hydrogens is 196 g/mol. The fourth-order valence-corrected chi connectivity index (χ4v) is 1.64. The van der Waals surface area contributed by atoms with E-state index in [2.05, 4.69) is 48.3 Å². The van der Waals surface area contributed by atoms with Crippen molar-refractivity contribution >= 4 is 6.08 Å². The molecule has 1 aromatic carbocycles. The standard InChI is InChI=1S/C14H16N2/c1-12(13-6-4-3-5-7-13)8-9-14-10-15-11-16(14)2/h3-12H,1-2H3/b9-8-. The minimum Gasteiger partial charge on any atom is -0.334 e. The van der Waals surface area contributed by atoms with E-state index in [1.54, 1.807) is 0 Å². The molecule has 0 fully saturated rings. The van der Waals surface area contributed by atoms with Crippen molar-refractivity contribution in [2.75, 3.05) is 0 Å². The number of nitrogens with zero attached hydrogens (tertiary/aromatic N) is 2. The van der Waals surface area contributed by atoms with Gasteiger partial charge in [0.1, 0.15) is 0 Å². The highest BCUT2D eigenvalue weighted by Crippen LogP contribution is 2.17. The van der Waals surface area contributed by atoms with E-state index in [1.807, 2.05) is 30.2 Å². The lowest BCUT2D eigenvalue weighted by Gasteiger charge is -2.05. The van der Waals surface area contributed by atoms with Crippen LogP contribution < -0.4 is 0 Å². The van der Waals surface area contributed by atoms with Crippen LogP contribution in [0.15, 0.2) is 48.9 Å². The molecule has 0 bridgehead atoms. The maximum Gasteiger partial charge on any atom is 0.0948 e. The molecule has 0 aliphatic carbocycles. The first kappa shape index (κ1) is 10.7. The van der Waals surface area contributed by atoms with E-state index >= 15 is 0 Å². The summed E-state index contributed by atoms with van der Waals surface area (Å²) in [6.07, 6.45) is 8.00. The fourth-order valence-electron chi connectivity index (χ4n) is 1.64. The average molecular weight is 212 g/mol. The molecule has 0 aliphatic heterocycles. The third-order valence-electron chi connectivity index (χ3n) is 2.73. The molecule has 2 heteroatoms. The van der Waals surface area contributed by atoms with Gasteiger partial charge in [-0.25, -0.2) is 4.98 Å². The lowest BCUT2D eigenvalue weighted by Crippen LogP contribution is -1.90. The van der Waals surface area contributed by atoms with Crippen LogP contribution in [0.4, 0.5) is 0 Å². The number of aromatic nitrogens is 2. The van der Waals surface area contributed by atoms with Gasteiger partial charge in [-0.1, -0.05) is 43.3 Å². The van der Waals surface area contributed by atoms with Crippen molar-refractivity contribution in [3.05, 3.63) is 60.2 Å². The van der Waals surface area contributed by atoms with Crippen molar-refractivity contribution in [3.8, 4) is 0 Å². The van der Waals surface area contributed by atoms with Gasteiger partial charge in [0.15, 0.2) is 0 Å². The van der Waals surface area contributed by atoms with Gasteiger partial charge in [-0.05, 0) is 17.6 Å². The molecule has 2 rings (SSSR count). The summed E-state index contributed by atoms with van der Waals surface area (Å²) in [5.74, 6) is 0.427. The normalized spacial score (nSPS) is 13.1. The van der Waals surface area contributed by atoms with Gasteiger partial charge in [-0.3, -0.25) is 0 Å². The molecule has 82 valence electrons. The maximum absolute atomic E-state index is 4.08. The zero-order valence-corrected chi connectivity index (χ0v) is 9.67. The van der Waals surface area contributed by atoms with Crippen molar-refractivity contribution < 1.29 is 0 Å². The predicted octanol–water partition coefficient (Wildman–Crippen LogP) is 3.24. The second-order valence-electron chi connectivity index (χ2n) is 3.99. The van der Waals surface area contributed by atoms with E-state index in [0.717, 1.165) is 5.69 Å². The number of aryl methyl sites for hydroxylation is 1. The molecule has 1 unspecified atom stereocenters. The predicted molar refractivity (Wildman–Crippen MR) is 67.1 cm³/mol. The number of allylic oxidation sites excluding steroid dienone is 1. The average Bonchev–Trinajstić information content (AvgIpc) is 2.73. The summed E-state index contributed by atoms with van der Waals surface area (Å²) in [5, 5.41) is 0. The van der Waals surface area contributed by atoms with Gasteiger partial charge in [-0.15, -0.1) is 0 Å². The number of hydrogen-bond donors (Lipinski definition) is 0. The molecule has 2 aromatic rings. The van der Waals surface area contributed by atoms with Crippen LogP contribution in [0.2, 0.25) is 0 Å². The number of rotatable bonds is 3. The van der Waals surface area contributed by atoms with Gasteiger partial charge in [-0.2, -0.15) is 0 Å². The van der Waals surface area contributed by atoms with Crippen LogP contribution in [0, 0.1) is 0 Å². The Morgan fingerprint density at radius 2 is 2.00 bits per heavy atom. The van der Waals surface area contributed by atoms with Gasteiger partial charge in [0.05, 0.1) is 18.2 Å². The minimum absolute atomic E-state index is 0.427. The Kier molecular flexibility index (Phi) is 3.20. The van der Waals surface area contributed by atoms with Crippen molar-refractivity contribution in [2.24, 2.45) is 7.05 Å². The van der Waals surface area contributed by atoms with Gasteiger partial charge in [0.2, 0.25) is 0 Å². The van der Waals surface area contributed by atoms with E-state index in [9.17, 15) is 0 Å². The zero-order chi connectivity index (χ0) is 11.4. The fraction of sp³-hybridized carbons (Fsp3) is 0.214. The molecule has 2 nitrogen and oxygen atoms in total. The summed E-state index contributed by atoms with van der Waals surface area (Å²) < 4.78 is 2.01. The molecule has 0 aliphatic rings. The van der Waals surface area contributed by atoms with Crippen LogP contribution in [0.5, 0.6) is 0 Å². The summed E-state index contributed by atoms with van der Waals surface area (Å²) >= 11 is 0. The lowest BCUT2D eigenvalue weighted by molar-refractivity contribution is 0.899. The maximum atomic E-state index is 4.08. The topological polar surface area (TPSA) is 17.8 Å². The highest BCUT2D eigenvalue weighted by molar-refractivity contribution is 5.46. The SMILES string of the molecule is CC(/C=C\c1cncn1C)c1ccccc1. The number of benzene rings is 1.